The van der Waals surface area contributed by atoms with Crippen molar-refractivity contribution in [2.75, 3.05) is 20.2 Å². The Bertz CT molecular complexity index is 519. The molecule has 0 aromatic heterocycles. The summed E-state index contributed by atoms with van der Waals surface area (Å²) in [7, 11) is 1.59. The lowest BCUT2D eigenvalue weighted by Crippen LogP contribution is -2.35. The molecule has 0 radical (unpaired) electrons. The molecule has 114 valence electrons. The number of nitrogens with zero attached hydrogens (tertiary/aromatic N) is 1. The number of ether oxygens (including phenoxy) is 1. The number of hydrogen-bond donors (Lipinski definition) is 0. The van der Waals surface area contributed by atoms with Crippen molar-refractivity contribution >= 4 is 12.2 Å². The van der Waals surface area contributed by atoms with E-state index >= 15 is 0 Å². The van der Waals surface area contributed by atoms with Crippen LogP contribution in [0.2, 0.25) is 0 Å². The SMILES string of the molecule is COc1cc(C)c(CCC=O)cc1C(=O)N1CCCCC1. The van der Waals surface area contributed by atoms with Gasteiger partial charge in [0, 0.05) is 19.5 Å². The predicted molar refractivity (Wildman–Crippen MR) is 81.9 cm³/mol. The molecule has 4 heteroatoms. The Balaban J connectivity index is 2.30. The maximum atomic E-state index is 12.7. The maximum Gasteiger partial charge on any atom is 0.257 e. The highest BCUT2D eigenvalue weighted by Crippen LogP contribution is 2.26. The average Bonchev–Trinajstić information content (AvgIpc) is 2.53. The van der Waals surface area contributed by atoms with Gasteiger partial charge in [0.2, 0.25) is 0 Å². The van der Waals surface area contributed by atoms with Crippen LogP contribution in [0.1, 0.15) is 47.2 Å². The Kier molecular flexibility index (Phi) is 5.37. The van der Waals surface area contributed by atoms with Gasteiger partial charge in [-0.3, -0.25) is 4.79 Å². The molecule has 1 heterocycles. The molecule has 0 unspecified atom stereocenters. The van der Waals surface area contributed by atoms with E-state index in [1.165, 1.54) is 6.42 Å². The van der Waals surface area contributed by atoms with Gasteiger partial charge >= 0.3 is 0 Å². The van der Waals surface area contributed by atoms with Gasteiger partial charge in [0.05, 0.1) is 12.7 Å². The van der Waals surface area contributed by atoms with Crippen molar-refractivity contribution in [3.63, 3.8) is 0 Å². The van der Waals surface area contributed by atoms with Crippen LogP contribution in [0, 0.1) is 6.92 Å². The van der Waals surface area contributed by atoms with E-state index in [1.807, 2.05) is 24.0 Å². The highest BCUT2D eigenvalue weighted by molar-refractivity contribution is 5.97. The zero-order chi connectivity index (χ0) is 15.2. The number of piperidine rings is 1. The summed E-state index contributed by atoms with van der Waals surface area (Å²) in [5.74, 6) is 0.664. The fraction of sp³-hybridized carbons (Fsp3) is 0.529. The summed E-state index contributed by atoms with van der Waals surface area (Å²) in [5, 5.41) is 0. The molecular weight excluding hydrogens is 266 g/mol. The lowest BCUT2D eigenvalue weighted by molar-refractivity contribution is -0.107. The van der Waals surface area contributed by atoms with E-state index in [1.54, 1.807) is 7.11 Å². The van der Waals surface area contributed by atoms with Crippen LogP contribution in [0.4, 0.5) is 0 Å². The third kappa shape index (κ3) is 3.63. The number of amides is 1. The zero-order valence-corrected chi connectivity index (χ0v) is 12.9. The first-order chi connectivity index (χ1) is 10.2. The van der Waals surface area contributed by atoms with Gasteiger partial charge in [-0.25, -0.2) is 0 Å². The zero-order valence-electron chi connectivity index (χ0n) is 12.9. The van der Waals surface area contributed by atoms with Crippen LogP contribution in [0.15, 0.2) is 12.1 Å². The minimum atomic E-state index is 0.0407. The van der Waals surface area contributed by atoms with Gasteiger partial charge in [-0.05, 0) is 55.9 Å². The molecule has 4 nitrogen and oxygen atoms in total. The first kappa shape index (κ1) is 15.5. The summed E-state index contributed by atoms with van der Waals surface area (Å²) in [5.41, 5.74) is 2.72. The number of likely N-dealkylation sites (tertiary alicyclic amines) is 1. The predicted octanol–water partition coefficient (Wildman–Crippen LogP) is 2.76. The highest BCUT2D eigenvalue weighted by atomic mass is 16.5. The average molecular weight is 289 g/mol. The van der Waals surface area contributed by atoms with E-state index in [-0.39, 0.29) is 5.91 Å². The molecular formula is C17H23NO3. The number of methoxy groups -OCH3 is 1. The van der Waals surface area contributed by atoms with Crippen LogP contribution in [0.3, 0.4) is 0 Å². The molecule has 0 N–H and O–H groups in total. The van der Waals surface area contributed by atoms with Gasteiger partial charge in [0.25, 0.3) is 5.91 Å². The minimum absolute atomic E-state index is 0.0407. The summed E-state index contributed by atoms with van der Waals surface area (Å²) in [6.07, 6.45) is 5.38. The Morgan fingerprint density at radius 1 is 1.29 bits per heavy atom. The second-order valence-corrected chi connectivity index (χ2v) is 5.54. The van der Waals surface area contributed by atoms with Gasteiger partial charge in [-0.15, -0.1) is 0 Å². The molecule has 1 fully saturated rings. The maximum absolute atomic E-state index is 12.7. The van der Waals surface area contributed by atoms with Crippen molar-refractivity contribution in [2.24, 2.45) is 0 Å². The summed E-state index contributed by atoms with van der Waals surface area (Å²) < 4.78 is 5.38. The van der Waals surface area contributed by atoms with E-state index in [0.29, 0.717) is 24.2 Å². The molecule has 1 amide bonds. The largest absolute Gasteiger partial charge is 0.496 e. The third-order valence-corrected chi connectivity index (χ3v) is 4.06. The lowest BCUT2D eigenvalue weighted by Gasteiger charge is -2.27. The summed E-state index contributed by atoms with van der Waals surface area (Å²) in [6.45, 7) is 3.62. The van der Waals surface area contributed by atoms with Crippen molar-refractivity contribution in [2.45, 2.75) is 39.0 Å². The van der Waals surface area contributed by atoms with Gasteiger partial charge < -0.3 is 14.4 Å². The molecule has 0 aliphatic carbocycles. The normalized spacial score (nSPS) is 14.9. The van der Waals surface area contributed by atoms with Crippen molar-refractivity contribution in [1.82, 2.24) is 4.90 Å². The summed E-state index contributed by atoms with van der Waals surface area (Å²) >= 11 is 0. The Labute approximate surface area is 126 Å². The van der Waals surface area contributed by atoms with Gasteiger partial charge in [-0.2, -0.15) is 0 Å². The monoisotopic (exact) mass is 289 g/mol. The molecule has 0 bridgehead atoms. The highest BCUT2D eigenvalue weighted by Gasteiger charge is 2.22. The summed E-state index contributed by atoms with van der Waals surface area (Å²) in [4.78, 5) is 25.2. The van der Waals surface area contributed by atoms with Crippen LogP contribution >= 0.6 is 0 Å². The van der Waals surface area contributed by atoms with Gasteiger partial charge in [0.15, 0.2) is 0 Å². The van der Waals surface area contributed by atoms with Crippen LogP contribution in [-0.4, -0.2) is 37.3 Å². The Morgan fingerprint density at radius 3 is 2.62 bits per heavy atom. The van der Waals surface area contributed by atoms with Crippen molar-refractivity contribution < 1.29 is 14.3 Å². The number of rotatable bonds is 5. The molecule has 1 aromatic rings. The number of aldehydes is 1. The first-order valence-corrected chi connectivity index (χ1v) is 7.57. The molecule has 1 aliphatic heterocycles. The van der Waals surface area contributed by atoms with Crippen LogP contribution in [0.25, 0.3) is 0 Å². The van der Waals surface area contributed by atoms with E-state index in [4.69, 9.17) is 4.74 Å². The van der Waals surface area contributed by atoms with Crippen molar-refractivity contribution in [3.05, 3.63) is 28.8 Å². The van der Waals surface area contributed by atoms with Crippen molar-refractivity contribution in [1.29, 1.82) is 0 Å². The quantitative estimate of drug-likeness (QED) is 0.783. The van der Waals surface area contributed by atoms with Crippen LogP contribution in [0.5, 0.6) is 5.75 Å². The standard InChI is InChI=1S/C17H23NO3/c1-13-11-16(21-2)15(12-14(13)7-6-10-19)17(20)18-8-4-3-5-9-18/h10-12H,3-9H2,1-2H3. The van der Waals surface area contributed by atoms with E-state index in [0.717, 1.165) is 43.3 Å². The van der Waals surface area contributed by atoms with E-state index in [2.05, 4.69) is 0 Å². The van der Waals surface area contributed by atoms with Crippen molar-refractivity contribution in [3.8, 4) is 5.75 Å². The molecule has 2 rings (SSSR count). The lowest BCUT2D eigenvalue weighted by atomic mass is 9.99. The number of benzene rings is 1. The van der Waals surface area contributed by atoms with E-state index < -0.39 is 0 Å². The first-order valence-electron chi connectivity index (χ1n) is 7.57. The molecule has 21 heavy (non-hydrogen) atoms. The molecule has 0 spiro atoms. The van der Waals surface area contributed by atoms with E-state index in [9.17, 15) is 9.59 Å². The summed E-state index contributed by atoms with van der Waals surface area (Å²) in [6, 6.07) is 3.80. The fourth-order valence-corrected chi connectivity index (χ4v) is 2.81. The second-order valence-electron chi connectivity index (χ2n) is 5.54. The third-order valence-electron chi connectivity index (χ3n) is 4.06. The second kappa shape index (κ2) is 7.25. The molecule has 0 saturated carbocycles. The Hall–Kier alpha value is -1.84. The molecule has 1 saturated heterocycles. The van der Waals surface area contributed by atoms with Gasteiger partial charge in [-0.1, -0.05) is 0 Å². The van der Waals surface area contributed by atoms with Gasteiger partial charge in [0.1, 0.15) is 12.0 Å². The number of carbonyl (C=O) groups excluding carboxylic acids is 2. The van der Waals surface area contributed by atoms with Crippen LogP contribution < -0.4 is 4.74 Å². The Morgan fingerprint density at radius 2 is 2.00 bits per heavy atom. The topological polar surface area (TPSA) is 46.6 Å². The molecule has 1 aromatic carbocycles. The van der Waals surface area contributed by atoms with Crippen LogP contribution in [-0.2, 0) is 11.2 Å². The number of carbonyl (C=O) groups is 2. The number of hydrogen-bond acceptors (Lipinski definition) is 3. The minimum Gasteiger partial charge on any atom is -0.496 e. The smallest absolute Gasteiger partial charge is 0.257 e. The molecule has 0 atom stereocenters. The number of aryl methyl sites for hydroxylation is 2. The fourth-order valence-electron chi connectivity index (χ4n) is 2.81. The molecule has 1 aliphatic rings.